The molecule has 3 nitrogen and oxygen atoms in total. The van der Waals surface area contributed by atoms with Crippen LogP contribution in [0.15, 0.2) is 60.7 Å². The minimum absolute atomic E-state index is 0.317. The molecule has 0 fully saturated rings. The number of alkyl halides is 1. The van der Waals surface area contributed by atoms with E-state index in [1.807, 2.05) is 42.5 Å². The van der Waals surface area contributed by atoms with Crippen molar-refractivity contribution in [2.24, 2.45) is 0 Å². The molecular weight excluding hydrogens is 378 g/mol. The lowest BCUT2D eigenvalue weighted by molar-refractivity contribution is -0.104. The van der Waals surface area contributed by atoms with Gasteiger partial charge in [0.1, 0.15) is 12.0 Å². The van der Waals surface area contributed by atoms with Gasteiger partial charge in [0.2, 0.25) is 0 Å². The van der Waals surface area contributed by atoms with E-state index in [2.05, 4.69) is 33.9 Å². The number of carbonyl (C=O) groups excluding carboxylic acids is 1. The highest BCUT2D eigenvalue weighted by Crippen LogP contribution is 2.43. The maximum absolute atomic E-state index is 10.9. The van der Waals surface area contributed by atoms with Gasteiger partial charge in [0.15, 0.2) is 0 Å². The van der Waals surface area contributed by atoms with E-state index in [9.17, 15) is 4.79 Å². The first-order valence-electron chi connectivity index (χ1n) is 8.77. The van der Waals surface area contributed by atoms with E-state index in [0.717, 1.165) is 61.9 Å². The van der Waals surface area contributed by atoms with Crippen LogP contribution in [-0.2, 0) is 9.12 Å². The Morgan fingerprint density at radius 2 is 2.12 bits per heavy atom. The lowest BCUT2D eigenvalue weighted by Crippen LogP contribution is -2.19. The highest BCUT2D eigenvalue weighted by molar-refractivity contribution is 9.09. The monoisotopic (exact) mass is 403 g/mol. The fourth-order valence-corrected chi connectivity index (χ4v) is 3.34. The molecule has 1 aliphatic rings. The zero-order chi connectivity index (χ0) is 18.0. The van der Waals surface area contributed by atoms with Crippen molar-refractivity contribution in [2.75, 3.05) is 19.7 Å². The summed E-state index contributed by atoms with van der Waals surface area (Å²) in [4.78, 5) is 10.9. The van der Waals surface area contributed by atoms with E-state index in [0.29, 0.717) is 6.61 Å². The van der Waals surface area contributed by atoms with Gasteiger partial charge in [-0.25, -0.2) is 0 Å². The molecular formula is C21H26BrNO2. The number of aldehydes is 1. The third-order valence-electron chi connectivity index (χ3n) is 4.18. The number of benzene rings is 1. The number of ether oxygens (including phenoxy) is 1. The minimum atomic E-state index is -0.317. The number of unbranched alkanes of at least 4 members (excludes halogenated alkanes) is 1. The summed E-state index contributed by atoms with van der Waals surface area (Å²) >= 11 is 3.82. The van der Waals surface area contributed by atoms with Gasteiger partial charge >= 0.3 is 0 Å². The van der Waals surface area contributed by atoms with Gasteiger partial charge in [-0.3, -0.25) is 4.79 Å². The van der Waals surface area contributed by atoms with Crippen LogP contribution in [0.5, 0.6) is 5.75 Å². The molecule has 0 radical (unpaired) electrons. The van der Waals surface area contributed by atoms with Crippen LogP contribution in [0, 0.1) is 0 Å². The van der Waals surface area contributed by atoms with E-state index in [1.54, 1.807) is 0 Å². The van der Waals surface area contributed by atoms with Crippen LogP contribution in [0.1, 0.15) is 31.2 Å². The molecule has 0 heterocycles. The molecule has 0 amide bonds. The quantitative estimate of drug-likeness (QED) is 0.252. The summed E-state index contributed by atoms with van der Waals surface area (Å²) in [6.07, 6.45) is 12.5. The number of rotatable bonds is 11. The third-order valence-corrected chi connectivity index (χ3v) is 5.19. The smallest absolute Gasteiger partial charge is 0.149 e. The van der Waals surface area contributed by atoms with Crippen LogP contribution in [0.3, 0.4) is 0 Å². The third kappa shape index (κ3) is 5.98. The Labute approximate surface area is 159 Å². The van der Waals surface area contributed by atoms with Gasteiger partial charge in [0.25, 0.3) is 0 Å². The van der Waals surface area contributed by atoms with Gasteiger partial charge < -0.3 is 10.1 Å². The Bertz CT molecular complexity index is 639. The van der Waals surface area contributed by atoms with Crippen molar-refractivity contribution in [1.29, 1.82) is 0 Å². The molecule has 1 aromatic carbocycles. The van der Waals surface area contributed by atoms with E-state index >= 15 is 0 Å². The molecule has 4 heteroatoms. The molecule has 0 bridgehead atoms. The minimum Gasteiger partial charge on any atom is -0.493 e. The summed E-state index contributed by atoms with van der Waals surface area (Å²) in [5, 5.41) is 3.39. The van der Waals surface area contributed by atoms with E-state index in [-0.39, 0.29) is 4.32 Å². The van der Waals surface area contributed by atoms with Crippen LogP contribution in [0.2, 0.25) is 0 Å². The lowest BCUT2D eigenvalue weighted by Gasteiger charge is -2.28. The Morgan fingerprint density at radius 1 is 1.28 bits per heavy atom. The summed E-state index contributed by atoms with van der Waals surface area (Å²) in [6, 6.07) is 8.09. The van der Waals surface area contributed by atoms with Crippen molar-refractivity contribution in [3.8, 4) is 5.75 Å². The van der Waals surface area contributed by atoms with Gasteiger partial charge in [-0.15, -0.1) is 6.58 Å². The Balaban J connectivity index is 1.87. The molecule has 134 valence electrons. The maximum atomic E-state index is 10.9. The van der Waals surface area contributed by atoms with Crippen molar-refractivity contribution >= 4 is 22.2 Å². The Morgan fingerprint density at radius 3 is 2.84 bits per heavy atom. The molecule has 1 unspecified atom stereocenters. The number of para-hydroxylation sites is 1. The summed E-state index contributed by atoms with van der Waals surface area (Å²) < 4.78 is 5.72. The van der Waals surface area contributed by atoms with E-state index in [4.69, 9.17) is 4.74 Å². The summed E-state index contributed by atoms with van der Waals surface area (Å²) in [5.41, 5.74) is 1.81. The zero-order valence-electron chi connectivity index (χ0n) is 14.5. The highest BCUT2D eigenvalue weighted by atomic mass is 79.9. The fraction of sp³-hybridized carbons (Fsp3) is 0.381. The first-order chi connectivity index (χ1) is 12.2. The average molecular weight is 404 g/mol. The predicted octanol–water partition coefficient (Wildman–Crippen LogP) is 4.69. The van der Waals surface area contributed by atoms with Gasteiger partial charge in [-0.1, -0.05) is 58.4 Å². The second kappa shape index (κ2) is 10.4. The average Bonchev–Trinajstić information content (AvgIpc) is 2.65. The van der Waals surface area contributed by atoms with Gasteiger partial charge in [0, 0.05) is 11.1 Å². The Kier molecular flexibility index (Phi) is 8.16. The second-order valence-electron chi connectivity index (χ2n) is 6.10. The van der Waals surface area contributed by atoms with Gasteiger partial charge in [0.05, 0.1) is 10.9 Å². The zero-order valence-corrected chi connectivity index (χ0v) is 16.1. The maximum Gasteiger partial charge on any atom is 0.149 e. The molecule has 0 spiro atoms. The van der Waals surface area contributed by atoms with Crippen LogP contribution < -0.4 is 10.1 Å². The SMILES string of the molecule is C=CCCNCCCCOc1ccccc1C1(Br)C=CC(C=O)=CC1. The molecule has 1 atom stereocenters. The number of hydrogen-bond acceptors (Lipinski definition) is 3. The van der Waals surface area contributed by atoms with Crippen LogP contribution in [0.25, 0.3) is 0 Å². The number of carbonyl (C=O) groups is 1. The highest BCUT2D eigenvalue weighted by Gasteiger charge is 2.30. The molecule has 2 rings (SSSR count). The van der Waals surface area contributed by atoms with Crippen LogP contribution in [-0.4, -0.2) is 26.0 Å². The summed E-state index contributed by atoms with van der Waals surface area (Å²) in [7, 11) is 0. The van der Waals surface area contributed by atoms with Crippen molar-refractivity contribution in [3.05, 3.63) is 66.3 Å². The number of nitrogens with one attached hydrogen (secondary N) is 1. The van der Waals surface area contributed by atoms with Crippen molar-refractivity contribution in [1.82, 2.24) is 5.32 Å². The number of halogens is 1. The first-order valence-corrected chi connectivity index (χ1v) is 9.56. The molecule has 1 aromatic rings. The topological polar surface area (TPSA) is 38.3 Å². The molecule has 1 aliphatic carbocycles. The standard InChI is InChI=1S/C21H26BrNO2/c1-2-3-14-23-15-6-7-16-25-20-9-5-4-8-19(20)21(22)12-10-18(17-24)11-13-21/h2,4-5,8-12,17,23H,1,3,6-7,13-16H2. The van der Waals surface area contributed by atoms with Crippen LogP contribution >= 0.6 is 15.9 Å². The molecule has 0 aromatic heterocycles. The van der Waals surface area contributed by atoms with Crippen molar-refractivity contribution in [3.63, 3.8) is 0 Å². The number of allylic oxidation sites excluding steroid dienone is 4. The molecule has 1 N–H and O–H groups in total. The van der Waals surface area contributed by atoms with E-state index in [1.165, 1.54) is 0 Å². The van der Waals surface area contributed by atoms with Gasteiger partial charge in [-0.05, 0) is 44.8 Å². The van der Waals surface area contributed by atoms with E-state index < -0.39 is 0 Å². The van der Waals surface area contributed by atoms with Crippen molar-refractivity contribution < 1.29 is 9.53 Å². The number of hydrogen-bond donors (Lipinski definition) is 1. The Hall–Kier alpha value is -1.65. The largest absolute Gasteiger partial charge is 0.493 e. The predicted molar refractivity (Wildman–Crippen MR) is 107 cm³/mol. The second-order valence-corrected chi connectivity index (χ2v) is 7.52. The lowest BCUT2D eigenvalue weighted by atomic mass is 9.89. The van der Waals surface area contributed by atoms with Gasteiger partial charge in [-0.2, -0.15) is 0 Å². The summed E-state index contributed by atoms with van der Waals surface area (Å²) in [6.45, 7) is 6.40. The first kappa shape index (κ1) is 19.7. The molecule has 0 saturated heterocycles. The van der Waals surface area contributed by atoms with Crippen LogP contribution in [0.4, 0.5) is 0 Å². The molecule has 0 saturated carbocycles. The molecule has 0 aliphatic heterocycles. The summed E-state index contributed by atoms with van der Waals surface area (Å²) in [5.74, 6) is 0.895. The molecule has 25 heavy (non-hydrogen) atoms. The fourth-order valence-electron chi connectivity index (χ4n) is 2.72. The normalized spacial score (nSPS) is 19.3. The van der Waals surface area contributed by atoms with Crippen molar-refractivity contribution in [2.45, 2.75) is 30.0 Å².